The van der Waals surface area contributed by atoms with Crippen LogP contribution in [0.2, 0.25) is 0 Å². The van der Waals surface area contributed by atoms with Gasteiger partial charge in [-0.2, -0.15) is 5.10 Å². The van der Waals surface area contributed by atoms with Crippen LogP contribution in [0.4, 0.5) is 0 Å². The zero-order chi connectivity index (χ0) is 26.3. The summed E-state index contributed by atoms with van der Waals surface area (Å²) in [7, 11) is 0. The number of hydrogen-bond acceptors (Lipinski definition) is 6. The van der Waals surface area contributed by atoms with Crippen molar-refractivity contribution in [3.8, 4) is 28.1 Å². The third kappa shape index (κ3) is 4.47. The summed E-state index contributed by atoms with van der Waals surface area (Å²) >= 11 is 0. The Labute approximate surface area is 227 Å². The summed E-state index contributed by atoms with van der Waals surface area (Å²) in [4.78, 5) is 19.5. The second-order valence-corrected chi connectivity index (χ2v) is 10.9. The molecule has 1 saturated heterocycles. The first-order valence-corrected chi connectivity index (χ1v) is 14.1. The van der Waals surface area contributed by atoms with E-state index in [0.717, 1.165) is 66.4 Å². The molecule has 1 fully saturated rings. The highest BCUT2D eigenvalue weighted by molar-refractivity contribution is 5.99. The number of amides is 1. The number of nitrogens with one attached hydrogen (secondary N) is 2. The van der Waals surface area contributed by atoms with E-state index in [1.807, 2.05) is 18.3 Å². The van der Waals surface area contributed by atoms with Crippen LogP contribution in [0.5, 0.6) is 5.75 Å². The summed E-state index contributed by atoms with van der Waals surface area (Å²) in [6, 6.07) is 15.5. The quantitative estimate of drug-likeness (QED) is 0.348. The monoisotopic (exact) mass is 523 g/mol. The molecule has 7 rings (SSSR count). The Bertz CT molecular complexity index is 1550. The maximum Gasteiger partial charge on any atom is 0.255 e. The Morgan fingerprint density at radius 2 is 1.87 bits per heavy atom. The molecule has 3 N–H and O–H groups in total. The minimum absolute atomic E-state index is 0.115. The molecule has 2 atom stereocenters. The van der Waals surface area contributed by atoms with Gasteiger partial charge in [-0.25, -0.2) is 4.98 Å². The van der Waals surface area contributed by atoms with E-state index in [1.165, 1.54) is 17.5 Å². The van der Waals surface area contributed by atoms with Crippen LogP contribution in [0.15, 0.2) is 48.7 Å². The second kappa shape index (κ2) is 10.1. The minimum Gasteiger partial charge on any atom is -0.491 e. The number of aromatic nitrogens is 3. The lowest BCUT2D eigenvalue weighted by molar-refractivity contribution is 0.0957. The molecule has 1 aliphatic carbocycles. The number of hydrogen-bond donors (Lipinski definition) is 3. The van der Waals surface area contributed by atoms with Gasteiger partial charge in [0.1, 0.15) is 12.4 Å². The van der Waals surface area contributed by atoms with Gasteiger partial charge in [-0.15, -0.1) is 0 Å². The number of aliphatic hydroxyl groups excluding tert-OH is 1. The fourth-order valence-electron chi connectivity index (χ4n) is 6.62. The molecule has 0 saturated carbocycles. The van der Waals surface area contributed by atoms with E-state index in [2.05, 4.69) is 49.7 Å². The van der Waals surface area contributed by atoms with Crippen LogP contribution < -0.4 is 10.1 Å². The third-order valence-electron chi connectivity index (χ3n) is 8.71. The van der Waals surface area contributed by atoms with Crippen molar-refractivity contribution in [2.45, 2.75) is 50.6 Å². The van der Waals surface area contributed by atoms with E-state index in [4.69, 9.17) is 4.74 Å². The van der Waals surface area contributed by atoms with Gasteiger partial charge < -0.3 is 15.2 Å². The van der Waals surface area contributed by atoms with Crippen LogP contribution in [0.3, 0.4) is 0 Å². The van der Waals surface area contributed by atoms with E-state index in [9.17, 15) is 9.90 Å². The summed E-state index contributed by atoms with van der Waals surface area (Å²) in [5.74, 6) is 0.466. The van der Waals surface area contributed by atoms with Crippen LogP contribution in [0.1, 0.15) is 47.2 Å². The van der Waals surface area contributed by atoms with Crippen molar-refractivity contribution in [1.29, 1.82) is 0 Å². The fraction of sp³-hybridized carbons (Fsp3) is 0.387. The summed E-state index contributed by atoms with van der Waals surface area (Å²) in [6.45, 7) is 2.31. The largest absolute Gasteiger partial charge is 0.491 e. The number of rotatable bonds is 4. The number of aromatic amines is 1. The van der Waals surface area contributed by atoms with Crippen molar-refractivity contribution in [3.05, 3.63) is 65.4 Å². The number of likely N-dealkylation sites (tertiary alicyclic amines) is 1. The van der Waals surface area contributed by atoms with E-state index in [1.54, 1.807) is 6.07 Å². The van der Waals surface area contributed by atoms with Gasteiger partial charge in [0.2, 0.25) is 0 Å². The molecule has 1 unspecified atom stereocenters. The lowest BCUT2D eigenvalue weighted by Crippen LogP contribution is -2.41. The Morgan fingerprint density at radius 3 is 2.77 bits per heavy atom. The number of carbonyl (C=O) groups excluding carboxylic acids is 1. The van der Waals surface area contributed by atoms with E-state index in [-0.39, 0.29) is 12.5 Å². The third-order valence-corrected chi connectivity index (χ3v) is 8.71. The molecule has 1 amide bonds. The number of carbonyl (C=O) groups is 1. The van der Waals surface area contributed by atoms with E-state index < -0.39 is 0 Å². The molecule has 3 aliphatic rings. The summed E-state index contributed by atoms with van der Waals surface area (Å²) in [5.41, 5.74) is 8.03. The lowest BCUT2D eigenvalue weighted by Gasteiger charge is -2.31. The summed E-state index contributed by atoms with van der Waals surface area (Å²) < 4.78 is 5.83. The summed E-state index contributed by atoms with van der Waals surface area (Å²) in [5, 5.41) is 21.2. The van der Waals surface area contributed by atoms with Gasteiger partial charge >= 0.3 is 0 Å². The van der Waals surface area contributed by atoms with E-state index >= 15 is 0 Å². The summed E-state index contributed by atoms with van der Waals surface area (Å²) in [6.07, 6.45) is 8.63. The number of aryl methyl sites for hydroxylation is 2. The van der Waals surface area contributed by atoms with E-state index in [0.29, 0.717) is 42.2 Å². The number of H-pyrrole nitrogens is 1. The number of nitrogens with zero attached hydrogens (tertiary/aromatic N) is 3. The molecule has 8 nitrogen and oxygen atoms in total. The van der Waals surface area contributed by atoms with Crippen LogP contribution in [-0.4, -0.2) is 69.5 Å². The molecular weight excluding hydrogens is 490 g/mol. The molecule has 2 aliphatic heterocycles. The van der Waals surface area contributed by atoms with Gasteiger partial charge in [0.25, 0.3) is 5.91 Å². The Morgan fingerprint density at radius 1 is 1.00 bits per heavy atom. The SMILES string of the molecule is O=C1NCCOc2cc(-c3[nH]nc4ncc(-c5ccc6c(c5)CCC(N5CCC[C@H]5CO)CC6)cc34)ccc21. The van der Waals surface area contributed by atoms with Gasteiger partial charge in [-0.3, -0.25) is 14.8 Å². The first-order valence-electron chi connectivity index (χ1n) is 14.1. The molecule has 200 valence electrons. The van der Waals surface area contributed by atoms with Crippen molar-refractivity contribution in [1.82, 2.24) is 25.4 Å². The highest BCUT2D eigenvalue weighted by Gasteiger charge is 2.31. The lowest BCUT2D eigenvalue weighted by atomic mass is 9.96. The van der Waals surface area contributed by atoms with Crippen molar-refractivity contribution < 1.29 is 14.6 Å². The zero-order valence-electron chi connectivity index (χ0n) is 21.9. The standard InChI is InChI=1S/C31H33N5O3/c37-18-25-2-1-12-36(25)24-8-5-19-3-4-21(14-20(19)6-9-24)23-15-27-29(34-35-30(27)33-17-23)22-7-10-26-28(16-22)39-13-11-32-31(26)38/h3-4,7,10,14-17,24-25,37H,1-2,5-6,8-9,11-13,18H2,(H,32,38)(H,33,34,35)/t24?,25-/m0/s1. The minimum atomic E-state index is -0.115. The molecule has 39 heavy (non-hydrogen) atoms. The molecular formula is C31H33N5O3. The number of aliphatic hydroxyl groups is 1. The Kier molecular flexibility index (Phi) is 6.29. The maximum atomic E-state index is 12.3. The molecule has 8 heteroatoms. The average molecular weight is 524 g/mol. The van der Waals surface area contributed by atoms with Gasteiger partial charge in [0.05, 0.1) is 24.4 Å². The average Bonchev–Trinajstić information content (AvgIpc) is 3.51. The van der Waals surface area contributed by atoms with Crippen molar-refractivity contribution in [3.63, 3.8) is 0 Å². The number of fused-ring (bicyclic) bond motifs is 3. The van der Waals surface area contributed by atoms with Crippen molar-refractivity contribution in [2.24, 2.45) is 0 Å². The van der Waals surface area contributed by atoms with Crippen LogP contribution in [0.25, 0.3) is 33.4 Å². The van der Waals surface area contributed by atoms with Gasteiger partial charge in [0, 0.05) is 34.8 Å². The van der Waals surface area contributed by atoms with Crippen molar-refractivity contribution >= 4 is 16.9 Å². The molecule has 0 spiro atoms. The first-order chi connectivity index (χ1) is 19.2. The Balaban J connectivity index is 1.18. The van der Waals surface area contributed by atoms with Crippen LogP contribution >= 0.6 is 0 Å². The first kappa shape index (κ1) is 24.3. The molecule has 2 aromatic carbocycles. The maximum absolute atomic E-state index is 12.3. The molecule has 0 bridgehead atoms. The predicted molar refractivity (Wildman–Crippen MR) is 150 cm³/mol. The molecule has 4 aromatic rings. The highest BCUT2D eigenvalue weighted by atomic mass is 16.5. The predicted octanol–water partition coefficient (Wildman–Crippen LogP) is 4.12. The van der Waals surface area contributed by atoms with Crippen LogP contribution in [-0.2, 0) is 12.8 Å². The zero-order valence-corrected chi connectivity index (χ0v) is 21.9. The number of pyridine rings is 1. The molecule has 4 heterocycles. The fourth-order valence-corrected chi connectivity index (χ4v) is 6.62. The van der Waals surface area contributed by atoms with Gasteiger partial charge in [0.15, 0.2) is 5.65 Å². The smallest absolute Gasteiger partial charge is 0.255 e. The van der Waals surface area contributed by atoms with Gasteiger partial charge in [-0.1, -0.05) is 24.3 Å². The molecule has 0 radical (unpaired) electrons. The normalized spacial score (nSPS) is 21.5. The van der Waals surface area contributed by atoms with Crippen LogP contribution in [0, 0.1) is 0 Å². The number of ether oxygens (including phenoxy) is 1. The number of benzene rings is 2. The Hall–Kier alpha value is -3.75. The molecule has 2 aromatic heterocycles. The highest BCUT2D eigenvalue weighted by Crippen LogP contribution is 2.35. The topological polar surface area (TPSA) is 103 Å². The van der Waals surface area contributed by atoms with Crippen molar-refractivity contribution in [2.75, 3.05) is 26.3 Å². The second-order valence-electron chi connectivity index (χ2n) is 10.9. The van der Waals surface area contributed by atoms with Gasteiger partial charge in [-0.05, 0) is 80.0 Å².